The fourth-order valence-electron chi connectivity index (χ4n) is 1.79. The molecule has 2 unspecified atom stereocenters. The summed E-state index contributed by atoms with van der Waals surface area (Å²) in [6.07, 6.45) is 3.26. The molecule has 0 radical (unpaired) electrons. The van der Waals surface area contributed by atoms with E-state index in [0.717, 1.165) is 26.2 Å². The summed E-state index contributed by atoms with van der Waals surface area (Å²) in [5, 5.41) is 0. The third-order valence-electron chi connectivity index (χ3n) is 2.47. The van der Waals surface area contributed by atoms with Gasteiger partial charge in [0.2, 0.25) is 5.92 Å². The van der Waals surface area contributed by atoms with E-state index in [4.69, 9.17) is 5.73 Å². The minimum absolute atomic E-state index is 0.288. The van der Waals surface area contributed by atoms with Crippen molar-refractivity contribution in [1.29, 1.82) is 0 Å². The Bertz CT molecular complexity index is 131. The maximum absolute atomic E-state index is 12.8. The van der Waals surface area contributed by atoms with E-state index in [1.54, 1.807) is 0 Å². The van der Waals surface area contributed by atoms with Crippen molar-refractivity contribution < 1.29 is 8.78 Å². The highest BCUT2D eigenvalue weighted by Gasteiger charge is 2.39. The molecule has 2 N–H and O–H groups in total. The fraction of sp³-hybridized carbons (Fsp3) is 1.00. The second-order valence-electron chi connectivity index (χ2n) is 3.51. The molecule has 1 nitrogen and oxygen atoms in total. The van der Waals surface area contributed by atoms with Crippen molar-refractivity contribution in [2.24, 2.45) is 11.7 Å². The molecule has 0 aromatic rings. The zero-order valence-corrected chi connectivity index (χ0v) is 6.82. The molecule has 0 amide bonds. The van der Waals surface area contributed by atoms with Gasteiger partial charge in [0.05, 0.1) is 0 Å². The Morgan fingerprint density at radius 3 is 2.18 bits per heavy atom. The molecule has 2 atom stereocenters. The summed E-state index contributed by atoms with van der Waals surface area (Å²) in [5.74, 6) is -3.17. The van der Waals surface area contributed by atoms with Crippen LogP contribution in [0.1, 0.15) is 32.6 Å². The van der Waals surface area contributed by atoms with Gasteiger partial charge in [0.1, 0.15) is 0 Å². The van der Waals surface area contributed by atoms with Crippen LogP contribution in [0.5, 0.6) is 0 Å². The largest absolute Gasteiger partial charge is 0.327 e. The highest BCUT2D eigenvalue weighted by atomic mass is 19.3. The summed E-state index contributed by atoms with van der Waals surface area (Å²) in [7, 11) is 0. The highest BCUT2D eigenvalue weighted by Crippen LogP contribution is 2.35. The molecule has 1 saturated carbocycles. The van der Waals surface area contributed by atoms with Crippen LogP contribution >= 0.6 is 0 Å². The number of alkyl halides is 2. The van der Waals surface area contributed by atoms with E-state index in [2.05, 4.69) is 0 Å². The van der Waals surface area contributed by atoms with Gasteiger partial charge in [0.15, 0.2) is 0 Å². The first-order valence-corrected chi connectivity index (χ1v) is 4.15. The maximum atomic E-state index is 12.8. The smallest absolute Gasteiger partial charge is 0.249 e. The van der Waals surface area contributed by atoms with Crippen molar-refractivity contribution in [3.63, 3.8) is 0 Å². The zero-order valence-electron chi connectivity index (χ0n) is 6.82. The molecule has 0 aromatic carbocycles. The highest BCUT2D eigenvalue weighted by molar-refractivity contribution is 4.85. The monoisotopic (exact) mass is 163 g/mol. The summed E-state index contributed by atoms with van der Waals surface area (Å²) in [4.78, 5) is 0. The van der Waals surface area contributed by atoms with Gasteiger partial charge >= 0.3 is 0 Å². The van der Waals surface area contributed by atoms with Crippen LogP contribution in [-0.2, 0) is 0 Å². The molecule has 66 valence electrons. The van der Waals surface area contributed by atoms with Crippen LogP contribution in [0.15, 0.2) is 0 Å². The molecule has 0 spiro atoms. The third kappa shape index (κ3) is 2.12. The molecule has 0 bridgehead atoms. The summed E-state index contributed by atoms with van der Waals surface area (Å²) in [6.45, 7) is 0.975. The Labute approximate surface area is 66.0 Å². The van der Waals surface area contributed by atoms with Crippen molar-refractivity contribution in [3.05, 3.63) is 0 Å². The lowest BCUT2D eigenvalue weighted by Gasteiger charge is -2.32. The van der Waals surface area contributed by atoms with Gasteiger partial charge in [-0.05, 0) is 19.8 Å². The summed E-state index contributed by atoms with van der Waals surface area (Å²) >= 11 is 0. The van der Waals surface area contributed by atoms with Crippen molar-refractivity contribution in [2.45, 2.75) is 44.6 Å². The van der Waals surface area contributed by atoms with E-state index in [9.17, 15) is 8.78 Å². The normalized spacial score (nSPS) is 33.8. The second-order valence-corrected chi connectivity index (χ2v) is 3.51. The number of hydrogen-bond acceptors (Lipinski definition) is 1. The molecule has 3 heteroatoms. The third-order valence-corrected chi connectivity index (χ3v) is 2.47. The fourth-order valence-corrected chi connectivity index (χ4v) is 1.79. The van der Waals surface area contributed by atoms with Crippen LogP contribution in [0.25, 0.3) is 0 Å². The van der Waals surface area contributed by atoms with Crippen LogP contribution < -0.4 is 5.73 Å². The topological polar surface area (TPSA) is 26.0 Å². The zero-order chi connectivity index (χ0) is 8.48. The van der Waals surface area contributed by atoms with Crippen molar-refractivity contribution in [3.8, 4) is 0 Å². The number of rotatable bonds is 1. The lowest BCUT2D eigenvalue weighted by molar-refractivity contribution is -0.0603. The minimum atomic E-state index is -2.58. The van der Waals surface area contributed by atoms with Gasteiger partial charge in [-0.25, -0.2) is 8.78 Å². The molecular weight excluding hydrogens is 148 g/mol. The van der Waals surface area contributed by atoms with E-state index >= 15 is 0 Å². The predicted molar refractivity (Wildman–Crippen MR) is 40.6 cm³/mol. The van der Waals surface area contributed by atoms with E-state index < -0.39 is 11.8 Å². The van der Waals surface area contributed by atoms with Gasteiger partial charge in [-0.15, -0.1) is 0 Å². The molecule has 1 fully saturated rings. The quantitative estimate of drug-likeness (QED) is 0.629. The first-order valence-electron chi connectivity index (χ1n) is 4.15. The second kappa shape index (κ2) is 3.05. The van der Waals surface area contributed by atoms with E-state index in [0.29, 0.717) is 6.42 Å². The van der Waals surface area contributed by atoms with Crippen molar-refractivity contribution >= 4 is 0 Å². The average molecular weight is 163 g/mol. The van der Waals surface area contributed by atoms with E-state index in [-0.39, 0.29) is 6.04 Å². The first-order chi connectivity index (χ1) is 5.02. The first kappa shape index (κ1) is 8.91. The van der Waals surface area contributed by atoms with Crippen LogP contribution in [0.2, 0.25) is 0 Å². The average Bonchev–Trinajstić information content (AvgIpc) is 1.86. The van der Waals surface area contributed by atoms with E-state index in [1.165, 1.54) is 0 Å². The maximum Gasteiger partial charge on any atom is 0.249 e. The summed E-state index contributed by atoms with van der Waals surface area (Å²) < 4.78 is 25.6. The molecule has 0 aliphatic heterocycles. The van der Waals surface area contributed by atoms with Gasteiger partial charge in [-0.2, -0.15) is 0 Å². The van der Waals surface area contributed by atoms with Gasteiger partial charge < -0.3 is 5.73 Å². The van der Waals surface area contributed by atoms with Crippen LogP contribution in [0.4, 0.5) is 8.78 Å². The standard InChI is InChI=1S/C8H15F2N/c1-8(9,10)6-4-2-3-5-7(6)11/h6-7H,2-5,11H2,1H3. The molecule has 0 heterocycles. The van der Waals surface area contributed by atoms with Crippen LogP contribution in [0, 0.1) is 5.92 Å². The molecule has 1 rings (SSSR count). The lowest BCUT2D eigenvalue weighted by Crippen LogP contribution is -2.42. The van der Waals surface area contributed by atoms with Crippen molar-refractivity contribution in [2.75, 3.05) is 0 Å². The van der Waals surface area contributed by atoms with Gasteiger partial charge in [-0.3, -0.25) is 0 Å². The Hall–Kier alpha value is -0.180. The molecule has 1 aliphatic rings. The van der Waals surface area contributed by atoms with Crippen molar-refractivity contribution in [1.82, 2.24) is 0 Å². The Morgan fingerprint density at radius 2 is 1.82 bits per heavy atom. The predicted octanol–water partition coefficient (Wildman–Crippen LogP) is 2.16. The summed E-state index contributed by atoms with van der Waals surface area (Å²) in [5.41, 5.74) is 5.59. The van der Waals surface area contributed by atoms with Gasteiger partial charge in [0.25, 0.3) is 0 Å². The van der Waals surface area contributed by atoms with Gasteiger partial charge in [0, 0.05) is 12.0 Å². The van der Waals surface area contributed by atoms with Crippen LogP contribution in [0.3, 0.4) is 0 Å². The van der Waals surface area contributed by atoms with Crippen LogP contribution in [-0.4, -0.2) is 12.0 Å². The van der Waals surface area contributed by atoms with E-state index in [1.807, 2.05) is 0 Å². The SMILES string of the molecule is CC(F)(F)C1CCCCC1N. The number of nitrogens with two attached hydrogens (primary N) is 1. The molecular formula is C8H15F2N. The molecule has 0 aromatic heterocycles. The number of hydrogen-bond donors (Lipinski definition) is 1. The summed E-state index contributed by atoms with van der Waals surface area (Å²) in [6, 6.07) is -0.288. The number of halogens is 2. The molecule has 0 saturated heterocycles. The Kier molecular flexibility index (Phi) is 2.47. The molecule has 11 heavy (non-hydrogen) atoms. The Balaban J connectivity index is 2.55. The Morgan fingerprint density at radius 1 is 1.27 bits per heavy atom. The molecule has 1 aliphatic carbocycles. The lowest BCUT2D eigenvalue weighted by atomic mass is 9.81. The van der Waals surface area contributed by atoms with Gasteiger partial charge in [-0.1, -0.05) is 12.8 Å². The minimum Gasteiger partial charge on any atom is -0.327 e.